The van der Waals surface area contributed by atoms with E-state index in [0.717, 1.165) is 9.56 Å². The van der Waals surface area contributed by atoms with E-state index in [4.69, 9.17) is 11.6 Å². The highest BCUT2D eigenvalue weighted by Crippen LogP contribution is 2.44. The van der Waals surface area contributed by atoms with E-state index in [1.54, 1.807) is 36.4 Å². The number of nitrogens with zero attached hydrogens (tertiary/aromatic N) is 2. The second-order valence-corrected chi connectivity index (χ2v) is 7.75. The van der Waals surface area contributed by atoms with Crippen molar-refractivity contribution >= 4 is 40.4 Å². The Bertz CT molecular complexity index is 1000. The molecule has 4 rings (SSSR count). The molecule has 0 saturated heterocycles. The van der Waals surface area contributed by atoms with Crippen molar-refractivity contribution in [2.24, 2.45) is 0 Å². The second-order valence-electron chi connectivity index (χ2n) is 6.33. The molecule has 146 valence electrons. The summed E-state index contributed by atoms with van der Waals surface area (Å²) in [5, 5.41) is 11.8. The van der Waals surface area contributed by atoms with Crippen molar-refractivity contribution in [1.29, 1.82) is 0 Å². The third kappa shape index (κ3) is 3.72. The quantitative estimate of drug-likeness (QED) is 0.580. The minimum absolute atomic E-state index is 0.108. The number of fused-ring (bicyclic) bond motifs is 1. The first-order chi connectivity index (χ1) is 13.3. The van der Waals surface area contributed by atoms with E-state index in [-0.39, 0.29) is 17.9 Å². The van der Waals surface area contributed by atoms with Gasteiger partial charge in [-0.2, -0.15) is 18.3 Å². The Hall–Kier alpha value is -2.52. The summed E-state index contributed by atoms with van der Waals surface area (Å²) in [5.74, 6) is -0.456. The molecule has 1 aliphatic rings. The van der Waals surface area contributed by atoms with E-state index in [1.165, 1.54) is 17.4 Å². The highest BCUT2D eigenvalue weighted by molar-refractivity contribution is 7.10. The monoisotopic (exact) mass is 426 g/mol. The fraction of sp³-hybridized carbons (Fsp3) is 0.222. The summed E-state index contributed by atoms with van der Waals surface area (Å²) in [6.45, 7) is 0. The highest BCUT2D eigenvalue weighted by Gasteiger charge is 2.47. The molecule has 2 aromatic heterocycles. The van der Waals surface area contributed by atoms with Gasteiger partial charge in [0.05, 0.1) is 6.04 Å². The third-order valence-electron chi connectivity index (χ3n) is 4.39. The maximum atomic E-state index is 13.6. The average Bonchev–Trinajstić information content (AvgIpc) is 3.29. The molecular formula is C18H14ClF3N4OS. The van der Waals surface area contributed by atoms with Gasteiger partial charge in [-0.15, -0.1) is 11.3 Å². The molecule has 28 heavy (non-hydrogen) atoms. The van der Waals surface area contributed by atoms with Crippen molar-refractivity contribution in [3.8, 4) is 0 Å². The van der Waals surface area contributed by atoms with Gasteiger partial charge in [-0.25, -0.2) is 4.68 Å². The number of carbonyl (C=O) groups excluding carboxylic acids is 1. The minimum atomic E-state index is -4.49. The molecule has 1 amide bonds. The normalized spacial score (nSPS) is 19.0. The topological polar surface area (TPSA) is 59.0 Å². The summed E-state index contributed by atoms with van der Waals surface area (Å²) < 4.78 is 41.8. The number of benzene rings is 1. The Morgan fingerprint density at radius 2 is 2.11 bits per heavy atom. The van der Waals surface area contributed by atoms with Crippen LogP contribution in [-0.4, -0.2) is 21.9 Å². The van der Waals surface area contributed by atoms with Gasteiger partial charge >= 0.3 is 6.18 Å². The van der Waals surface area contributed by atoms with Gasteiger partial charge in [-0.3, -0.25) is 4.79 Å². The van der Waals surface area contributed by atoms with Crippen LogP contribution in [0, 0.1) is 0 Å². The number of rotatable bonds is 3. The van der Waals surface area contributed by atoms with Crippen molar-refractivity contribution in [1.82, 2.24) is 9.78 Å². The van der Waals surface area contributed by atoms with Crippen LogP contribution in [-0.2, 0) is 0 Å². The van der Waals surface area contributed by atoms with Gasteiger partial charge < -0.3 is 10.6 Å². The predicted molar refractivity (Wildman–Crippen MR) is 102 cm³/mol. The number of alkyl halides is 3. The largest absolute Gasteiger partial charge is 0.410 e. The smallest absolute Gasteiger partial charge is 0.363 e. The summed E-state index contributed by atoms with van der Waals surface area (Å²) >= 11 is 7.27. The van der Waals surface area contributed by atoms with Crippen molar-refractivity contribution in [3.05, 3.63) is 63.4 Å². The zero-order chi connectivity index (χ0) is 19.9. The van der Waals surface area contributed by atoms with Gasteiger partial charge in [0.25, 0.3) is 5.91 Å². The standard InChI is InChI=1S/C18H14ClF3N4OS/c19-10-3-1-4-11(7-10)23-17(27)13-9-16-24-12(14-5-2-6-28-14)8-15(18(20,21)22)26(16)25-13/h1-7,9,12,15,24H,8H2,(H,23,27). The molecule has 2 atom stereocenters. The Morgan fingerprint density at radius 1 is 1.29 bits per heavy atom. The molecule has 3 aromatic rings. The van der Waals surface area contributed by atoms with E-state index in [9.17, 15) is 18.0 Å². The van der Waals surface area contributed by atoms with Crippen LogP contribution >= 0.6 is 22.9 Å². The summed E-state index contributed by atoms with van der Waals surface area (Å²) in [6.07, 6.45) is -4.69. The number of aromatic nitrogens is 2. The van der Waals surface area contributed by atoms with Crippen LogP contribution in [0.4, 0.5) is 24.7 Å². The predicted octanol–water partition coefficient (Wildman–Crippen LogP) is 5.51. The number of anilines is 2. The number of hydrogen-bond acceptors (Lipinski definition) is 4. The lowest BCUT2D eigenvalue weighted by Crippen LogP contribution is -2.35. The molecule has 0 radical (unpaired) electrons. The summed E-state index contributed by atoms with van der Waals surface area (Å²) in [7, 11) is 0. The molecule has 0 spiro atoms. The van der Waals surface area contributed by atoms with Gasteiger partial charge in [0, 0.05) is 28.1 Å². The maximum Gasteiger partial charge on any atom is 0.410 e. The average molecular weight is 427 g/mol. The lowest BCUT2D eigenvalue weighted by molar-refractivity contribution is -0.173. The van der Waals surface area contributed by atoms with Crippen molar-refractivity contribution in [3.63, 3.8) is 0 Å². The molecule has 0 bridgehead atoms. The Kier molecular flexibility index (Phi) is 4.80. The van der Waals surface area contributed by atoms with Crippen LogP contribution < -0.4 is 10.6 Å². The lowest BCUT2D eigenvalue weighted by Gasteiger charge is -2.32. The van der Waals surface area contributed by atoms with Gasteiger partial charge in [-0.05, 0) is 29.6 Å². The maximum absolute atomic E-state index is 13.6. The van der Waals surface area contributed by atoms with E-state index in [1.807, 2.05) is 5.38 Å². The summed E-state index contributed by atoms with van der Waals surface area (Å²) in [5.41, 5.74) is 0.323. The number of nitrogens with one attached hydrogen (secondary N) is 2. The number of halogens is 4. The molecule has 10 heteroatoms. The van der Waals surface area contributed by atoms with Crippen molar-refractivity contribution in [2.45, 2.75) is 24.7 Å². The molecule has 2 unspecified atom stereocenters. The number of carbonyl (C=O) groups is 1. The fourth-order valence-corrected chi connectivity index (χ4v) is 4.10. The first-order valence-electron chi connectivity index (χ1n) is 8.34. The summed E-state index contributed by atoms with van der Waals surface area (Å²) in [6, 6.07) is 9.07. The SMILES string of the molecule is O=C(Nc1cccc(Cl)c1)c1cc2n(n1)C(C(F)(F)F)CC(c1cccs1)N2. The first kappa shape index (κ1) is 18.8. The van der Waals surface area contributed by atoms with Crippen LogP contribution in [0.25, 0.3) is 0 Å². The number of hydrogen-bond donors (Lipinski definition) is 2. The molecule has 1 aliphatic heterocycles. The molecule has 1 aromatic carbocycles. The minimum Gasteiger partial charge on any atom is -0.363 e. The van der Waals surface area contributed by atoms with E-state index < -0.39 is 24.2 Å². The van der Waals surface area contributed by atoms with E-state index >= 15 is 0 Å². The Balaban J connectivity index is 1.64. The molecule has 0 saturated carbocycles. The second kappa shape index (κ2) is 7.14. The van der Waals surface area contributed by atoms with Gasteiger partial charge in [0.2, 0.25) is 0 Å². The van der Waals surface area contributed by atoms with Crippen LogP contribution in [0.5, 0.6) is 0 Å². The molecule has 5 nitrogen and oxygen atoms in total. The Morgan fingerprint density at radius 3 is 2.79 bits per heavy atom. The van der Waals surface area contributed by atoms with Crippen LogP contribution in [0.3, 0.4) is 0 Å². The van der Waals surface area contributed by atoms with Gasteiger partial charge in [0.15, 0.2) is 11.7 Å². The highest BCUT2D eigenvalue weighted by atomic mass is 35.5. The van der Waals surface area contributed by atoms with Crippen LogP contribution in [0.2, 0.25) is 5.02 Å². The van der Waals surface area contributed by atoms with E-state index in [2.05, 4.69) is 15.7 Å². The van der Waals surface area contributed by atoms with Crippen molar-refractivity contribution in [2.75, 3.05) is 10.6 Å². The molecule has 0 aliphatic carbocycles. The number of thiophene rings is 1. The van der Waals surface area contributed by atoms with Crippen molar-refractivity contribution < 1.29 is 18.0 Å². The number of amides is 1. The molecule has 2 N–H and O–H groups in total. The zero-order valence-corrected chi connectivity index (χ0v) is 15.8. The Labute approximate surface area is 167 Å². The zero-order valence-electron chi connectivity index (χ0n) is 14.2. The van der Waals surface area contributed by atoms with Gasteiger partial charge in [-0.1, -0.05) is 23.7 Å². The van der Waals surface area contributed by atoms with E-state index in [0.29, 0.717) is 10.7 Å². The van der Waals surface area contributed by atoms with Gasteiger partial charge in [0.1, 0.15) is 5.82 Å². The van der Waals surface area contributed by atoms with Crippen LogP contribution in [0.1, 0.15) is 33.9 Å². The third-order valence-corrected chi connectivity index (χ3v) is 5.61. The summed E-state index contributed by atoms with van der Waals surface area (Å²) in [4.78, 5) is 13.3. The van der Waals surface area contributed by atoms with Crippen LogP contribution in [0.15, 0.2) is 47.8 Å². The first-order valence-corrected chi connectivity index (χ1v) is 9.60. The fourth-order valence-electron chi connectivity index (χ4n) is 3.12. The molecule has 3 heterocycles. The molecular weight excluding hydrogens is 413 g/mol. The molecule has 0 fully saturated rings. The lowest BCUT2D eigenvalue weighted by atomic mass is 10.0.